The summed E-state index contributed by atoms with van der Waals surface area (Å²) in [7, 11) is 0. The maximum Gasteiger partial charge on any atom is 0.263 e. The highest BCUT2D eigenvalue weighted by Crippen LogP contribution is 2.35. The largest absolute Gasteiger partial charge is 0.301 e. The molecule has 0 radical (unpaired) electrons. The number of hydrogen-bond acceptors (Lipinski definition) is 6. The lowest BCUT2D eigenvalue weighted by molar-refractivity contribution is -0.131. The van der Waals surface area contributed by atoms with Crippen LogP contribution in [0.25, 0.3) is 0 Å². The first-order chi connectivity index (χ1) is 15.7. The molecular weight excluding hydrogens is 503 g/mol. The predicted molar refractivity (Wildman–Crippen MR) is 135 cm³/mol. The SMILES string of the molecule is Cc1ccc(N2C(=O)[C@H](/C=C3/SC(=Nc4cccc(Cl)c4Cl)NC3=O)C(=O)NC2=S)cc1C. The predicted octanol–water partition coefficient (Wildman–Crippen LogP) is 4.41. The summed E-state index contributed by atoms with van der Waals surface area (Å²) in [5, 5.41) is 5.97. The molecule has 168 valence electrons. The Bertz CT molecular complexity index is 1290. The van der Waals surface area contributed by atoms with E-state index in [9.17, 15) is 14.4 Å². The van der Waals surface area contributed by atoms with Crippen LogP contribution in [-0.4, -0.2) is 28.0 Å². The molecule has 0 spiro atoms. The van der Waals surface area contributed by atoms with E-state index in [1.54, 1.807) is 24.3 Å². The number of halogens is 2. The summed E-state index contributed by atoms with van der Waals surface area (Å²) in [6, 6.07) is 10.4. The van der Waals surface area contributed by atoms with Crippen LogP contribution in [0.15, 0.2) is 52.4 Å². The minimum absolute atomic E-state index is 0.00993. The summed E-state index contributed by atoms with van der Waals surface area (Å²) in [6.07, 6.45) is 1.32. The van der Waals surface area contributed by atoms with Crippen molar-refractivity contribution in [3.05, 3.63) is 68.6 Å². The van der Waals surface area contributed by atoms with Crippen molar-refractivity contribution < 1.29 is 14.4 Å². The number of aliphatic imine (C=N–C) groups is 1. The van der Waals surface area contributed by atoms with Crippen LogP contribution in [-0.2, 0) is 14.4 Å². The number of nitrogens with zero attached hydrogens (tertiary/aromatic N) is 2. The highest BCUT2D eigenvalue weighted by molar-refractivity contribution is 8.18. The number of carbonyl (C=O) groups excluding carboxylic acids is 3. The number of amidine groups is 1. The van der Waals surface area contributed by atoms with E-state index in [-0.39, 0.29) is 20.2 Å². The van der Waals surface area contributed by atoms with Crippen LogP contribution in [0.3, 0.4) is 0 Å². The number of nitrogens with one attached hydrogen (secondary N) is 2. The van der Waals surface area contributed by atoms with Crippen LogP contribution < -0.4 is 15.5 Å². The maximum absolute atomic E-state index is 13.2. The second kappa shape index (κ2) is 9.26. The number of aryl methyl sites for hydroxylation is 2. The van der Waals surface area contributed by atoms with Gasteiger partial charge in [0.05, 0.1) is 26.3 Å². The third kappa shape index (κ3) is 4.67. The molecule has 4 rings (SSSR count). The van der Waals surface area contributed by atoms with Gasteiger partial charge < -0.3 is 10.6 Å². The molecule has 3 amide bonds. The number of amides is 3. The van der Waals surface area contributed by atoms with Gasteiger partial charge in [0.2, 0.25) is 11.8 Å². The number of benzene rings is 2. The highest BCUT2D eigenvalue weighted by atomic mass is 35.5. The molecule has 7 nitrogen and oxygen atoms in total. The van der Waals surface area contributed by atoms with Crippen molar-refractivity contribution in [2.45, 2.75) is 13.8 Å². The van der Waals surface area contributed by atoms with E-state index in [0.29, 0.717) is 16.4 Å². The van der Waals surface area contributed by atoms with Crippen molar-refractivity contribution in [1.82, 2.24) is 10.6 Å². The third-order valence-electron chi connectivity index (χ3n) is 5.07. The molecule has 2 N–H and O–H groups in total. The van der Waals surface area contributed by atoms with Gasteiger partial charge in [0.15, 0.2) is 10.3 Å². The molecule has 33 heavy (non-hydrogen) atoms. The van der Waals surface area contributed by atoms with Crippen molar-refractivity contribution >= 4 is 86.6 Å². The zero-order valence-electron chi connectivity index (χ0n) is 17.3. The van der Waals surface area contributed by atoms with Crippen LogP contribution in [0.1, 0.15) is 11.1 Å². The van der Waals surface area contributed by atoms with Crippen LogP contribution in [0, 0.1) is 19.8 Å². The molecule has 11 heteroatoms. The monoisotopic (exact) mass is 518 g/mol. The van der Waals surface area contributed by atoms with Crippen LogP contribution in [0.5, 0.6) is 0 Å². The molecule has 2 aromatic carbocycles. The Hall–Kier alpha value is -2.72. The van der Waals surface area contributed by atoms with Gasteiger partial charge in [0.25, 0.3) is 5.91 Å². The molecular formula is C22H16Cl2N4O3S2. The zero-order chi connectivity index (χ0) is 23.9. The summed E-state index contributed by atoms with van der Waals surface area (Å²) in [6.45, 7) is 3.87. The first kappa shape index (κ1) is 23.4. The van der Waals surface area contributed by atoms with Gasteiger partial charge in [-0.2, -0.15) is 0 Å². The van der Waals surface area contributed by atoms with Crippen molar-refractivity contribution in [3.63, 3.8) is 0 Å². The van der Waals surface area contributed by atoms with E-state index in [1.807, 2.05) is 26.0 Å². The van der Waals surface area contributed by atoms with Crippen LogP contribution >= 0.6 is 47.2 Å². The number of hydrogen-bond donors (Lipinski definition) is 2. The average molecular weight is 519 g/mol. The van der Waals surface area contributed by atoms with E-state index in [1.165, 1.54) is 11.0 Å². The van der Waals surface area contributed by atoms with E-state index in [0.717, 1.165) is 22.9 Å². The standard InChI is InChI=1S/C22H16Cl2N4O3S2/c1-10-6-7-12(8-11(10)2)28-20(31)13(18(29)27-22(28)32)9-16-19(30)26-21(33-16)25-15-5-3-4-14(23)17(15)24/h3-9,13H,1-2H3,(H,25,26,30)(H,27,29,32)/b16-9+/t13-/m1/s1. The Labute approximate surface area is 209 Å². The lowest BCUT2D eigenvalue weighted by Crippen LogP contribution is -2.57. The molecule has 0 saturated carbocycles. The number of anilines is 1. The minimum Gasteiger partial charge on any atom is -0.301 e. The fraction of sp³-hybridized carbons (Fsp3) is 0.136. The summed E-state index contributed by atoms with van der Waals surface area (Å²) < 4.78 is 0. The normalized spacial score (nSPS) is 21.1. The number of carbonyl (C=O) groups is 3. The van der Waals surface area contributed by atoms with Gasteiger partial charge >= 0.3 is 0 Å². The molecule has 2 heterocycles. The lowest BCUT2D eigenvalue weighted by Gasteiger charge is -2.31. The van der Waals surface area contributed by atoms with Gasteiger partial charge in [0.1, 0.15) is 5.92 Å². The molecule has 1 atom stereocenters. The molecule has 2 aliphatic rings. The third-order valence-corrected chi connectivity index (χ3v) is 7.09. The first-order valence-electron chi connectivity index (χ1n) is 9.65. The Kier molecular flexibility index (Phi) is 6.58. The number of thioether (sulfide) groups is 1. The quantitative estimate of drug-likeness (QED) is 0.356. The van der Waals surface area contributed by atoms with Gasteiger partial charge in [-0.1, -0.05) is 35.3 Å². The topological polar surface area (TPSA) is 90.9 Å². The smallest absolute Gasteiger partial charge is 0.263 e. The van der Waals surface area contributed by atoms with Crippen molar-refractivity contribution in [3.8, 4) is 0 Å². The minimum atomic E-state index is -1.24. The van der Waals surface area contributed by atoms with E-state index in [2.05, 4.69) is 15.6 Å². The zero-order valence-corrected chi connectivity index (χ0v) is 20.5. The molecule has 2 fully saturated rings. The van der Waals surface area contributed by atoms with Crippen molar-refractivity contribution in [1.29, 1.82) is 0 Å². The molecule has 0 bridgehead atoms. The van der Waals surface area contributed by atoms with Gasteiger partial charge in [-0.05, 0) is 79.3 Å². The number of thiocarbonyl (C=S) groups is 1. The van der Waals surface area contributed by atoms with E-state index < -0.39 is 23.6 Å². The van der Waals surface area contributed by atoms with E-state index in [4.69, 9.17) is 35.4 Å². The number of rotatable bonds is 3. The molecule has 0 aromatic heterocycles. The Balaban J connectivity index is 1.62. The molecule has 2 aliphatic heterocycles. The molecule has 2 saturated heterocycles. The second-order valence-corrected chi connectivity index (χ2v) is 9.49. The van der Waals surface area contributed by atoms with Gasteiger partial charge in [-0.15, -0.1) is 0 Å². The summed E-state index contributed by atoms with van der Waals surface area (Å²) >= 11 is 18.4. The second-order valence-electron chi connectivity index (χ2n) is 7.29. The Morgan fingerprint density at radius 2 is 1.85 bits per heavy atom. The first-order valence-corrected chi connectivity index (χ1v) is 11.6. The van der Waals surface area contributed by atoms with Crippen LogP contribution in [0.4, 0.5) is 11.4 Å². The fourth-order valence-corrected chi connectivity index (χ4v) is 4.66. The fourth-order valence-electron chi connectivity index (χ4n) is 3.18. The highest BCUT2D eigenvalue weighted by Gasteiger charge is 2.40. The van der Waals surface area contributed by atoms with Gasteiger partial charge in [0, 0.05) is 0 Å². The van der Waals surface area contributed by atoms with Gasteiger partial charge in [-0.25, -0.2) is 4.99 Å². The summed E-state index contributed by atoms with van der Waals surface area (Å²) in [4.78, 5) is 44.0. The van der Waals surface area contributed by atoms with E-state index >= 15 is 0 Å². The van der Waals surface area contributed by atoms with Crippen molar-refractivity contribution in [2.75, 3.05) is 4.90 Å². The Morgan fingerprint density at radius 3 is 2.58 bits per heavy atom. The summed E-state index contributed by atoms with van der Waals surface area (Å²) in [5.41, 5.74) is 2.95. The molecule has 2 aromatic rings. The molecule has 0 aliphatic carbocycles. The van der Waals surface area contributed by atoms with Crippen molar-refractivity contribution in [2.24, 2.45) is 10.9 Å². The lowest BCUT2D eigenvalue weighted by atomic mass is 10.0. The maximum atomic E-state index is 13.2. The Morgan fingerprint density at radius 1 is 1.09 bits per heavy atom. The van der Waals surface area contributed by atoms with Gasteiger partial charge in [-0.3, -0.25) is 19.3 Å². The summed E-state index contributed by atoms with van der Waals surface area (Å²) in [5.74, 6) is -2.87. The van der Waals surface area contributed by atoms with Crippen LogP contribution in [0.2, 0.25) is 10.0 Å². The average Bonchev–Trinajstić information content (AvgIpc) is 3.10. The molecule has 0 unspecified atom stereocenters.